The second-order valence-electron chi connectivity index (χ2n) is 18.1. The van der Waals surface area contributed by atoms with Crippen molar-refractivity contribution in [3.63, 3.8) is 0 Å². The summed E-state index contributed by atoms with van der Waals surface area (Å²) in [5, 5.41) is 0. The lowest BCUT2D eigenvalue weighted by Crippen LogP contribution is -2.30. The molecule has 1 atom stereocenters. The third-order valence-electron chi connectivity index (χ3n) is 11.7. The summed E-state index contributed by atoms with van der Waals surface area (Å²) in [6.45, 7) is 6.54. The van der Waals surface area contributed by atoms with E-state index in [2.05, 4.69) is 93.7 Å². The van der Waals surface area contributed by atoms with E-state index in [1.807, 2.05) is 0 Å². The fraction of sp³-hybridized carbons (Fsp3) is 0.746. The zero-order chi connectivity index (χ0) is 47.2. The van der Waals surface area contributed by atoms with Gasteiger partial charge in [0.1, 0.15) is 13.2 Å². The Labute approximate surface area is 402 Å². The number of unbranched alkanes of at least 4 members (excludes halogenated alkanes) is 26. The molecule has 0 N–H and O–H groups in total. The first-order chi connectivity index (χ1) is 32.0. The molecule has 0 radical (unpaired) electrons. The zero-order valence-electron chi connectivity index (χ0n) is 42.7. The van der Waals surface area contributed by atoms with Gasteiger partial charge in [-0.15, -0.1) is 0 Å². The molecule has 0 aromatic carbocycles. The molecule has 0 rings (SSSR count). The van der Waals surface area contributed by atoms with Crippen LogP contribution >= 0.6 is 0 Å². The first-order valence-corrected chi connectivity index (χ1v) is 27.4. The van der Waals surface area contributed by atoms with Crippen molar-refractivity contribution in [1.82, 2.24) is 0 Å². The van der Waals surface area contributed by atoms with E-state index in [4.69, 9.17) is 14.2 Å². The van der Waals surface area contributed by atoms with Crippen LogP contribution in [0.2, 0.25) is 0 Å². The molecule has 0 aliphatic heterocycles. The quantitative estimate of drug-likeness (QED) is 0.0262. The molecule has 0 aromatic rings. The van der Waals surface area contributed by atoms with Crippen LogP contribution in [0.25, 0.3) is 0 Å². The van der Waals surface area contributed by atoms with E-state index in [1.165, 1.54) is 135 Å². The summed E-state index contributed by atoms with van der Waals surface area (Å²) >= 11 is 0. The maximum absolute atomic E-state index is 12.8. The van der Waals surface area contributed by atoms with Gasteiger partial charge in [-0.25, -0.2) is 0 Å². The smallest absolute Gasteiger partial charge is 0.306 e. The summed E-state index contributed by atoms with van der Waals surface area (Å²) in [4.78, 5) is 38.0. The van der Waals surface area contributed by atoms with Crippen LogP contribution < -0.4 is 0 Å². The molecule has 374 valence electrons. The molecule has 6 heteroatoms. The van der Waals surface area contributed by atoms with Gasteiger partial charge in [-0.1, -0.05) is 209 Å². The summed E-state index contributed by atoms with van der Waals surface area (Å²) in [6.07, 6.45) is 67.4. The Bertz CT molecular complexity index is 1230. The standard InChI is InChI=1S/C59H102O6/c1-4-7-10-13-16-19-22-25-28-29-32-34-37-40-43-46-49-52-58(61)64-55-56(65-59(62)53-50-47-44-41-38-35-31-27-24-21-18-15-12-9-6-3)54-63-57(60)51-48-45-42-39-36-33-30-26-23-20-17-14-11-8-5-2/h17,20-21,24-26,28,30,32,34,40,43,56H,4-16,18-19,22-23,27,29,31,33,35-39,41-42,44-55H2,1-3H3/b20-17-,24-21-,28-25-,30-26-,34-32-,43-40-/t56-/m1/s1. The van der Waals surface area contributed by atoms with E-state index in [9.17, 15) is 14.4 Å². The molecule has 0 spiro atoms. The van der Waals surface area contributed by atoms with Crippen LogP contribution in [-0.2, 0) is 28.6 Å². The summed E-state index contributed by atoms with van der Waals surface area (Å²) in [5.74, 6) is -0.967. The molecule has 0 bridgehead atoms. The maximum Gasteiger partial charge on any atom is 0.306 e. The van der Waals surface area contributed by atoms with Crippen LogP contribution in [0.3, 0.4) is 0 Å². The minimum Gasteiger partial charge on any atom is -0.462 e. The van der Waals surface area contributed by atoms with Crippen molar-refractivity contribution in [2.45, 2.75) is 271 Å². The van der Waals surface area contributed by atoms with Crippen molar-refractivity contribution < 1.29 is 28.6 Å². The topological polar surface area (TPSA) is 78.9 Å². The van der Waals surface area contributed by atoms with Crippen molar-refractivity contribution in [2.24, 2.45) is 0 Å². The van der Waals surface area contributed by atoms with Gasteiger partial charge in [0.15, 0.2) is 6.10 Å². The van der Waals surface area contributed by atoms with E-state index in [0.717, 1.165) is 83.5 Å². The van der Waals surface area contributed by atoms with Gasteiger partial charge in [0.25, 0.3) is 0 Å². The van der Waals surface area contributed by atoms with E-state index in [-0.39, 0.29) is 37.5 Å². The number of carbonyl (C=O) groups excluding carboxylic acids is 3. The van der Waals surface area contributed by atoms with Crippen molar-refractivity contribution in [2.75, 3.05) is 13.2 Å². The lowest BCUT2D eigenvalue weighted by atomic mass is 10.1. The largest absolute Gasteiger partial charge is 0.462 e. The Balaban J connectivity index is 4.48. The predicted octanol–water partition coefficient (Wildman–Crippen LogP) is 18.2. The van der Waals surface area contributed by atoms with Crippen molar-refractivity contribution in [3.05, 3.63) is 72.9 Å². The number of esters is 3. The average molecular weight is 907 g/mol. The zero-order valence-corrected chi connectivity index (χ0v) is 42.7. The molecular formula is C59H102O6. The highest BCUT2D eigenvalue weighted by Gasteiger charge is 2.19. The Kier molecular flexibility index (Phi) is 50.9. The SMILES string of the molecule is CCCCC/C=C\C/C=C\CCCCCCCC(=O)OC[C@H](COC(=O)CCC/C=C\C/C=C\C/C=C\CCCCCCCC)OC(=O)CCCCCCCCC/C=C\CCCCCC. The molecule has 0 saturated heterocycles. The van der Waals surface area contributed by atoms with E-state index in [0.29, 0.717) is 19.3 Å². The summed E-state index contributed by atoms with van der Waals surface area (Å²) in [6, 6.07) is 0. The minimum atomic E-state index is -0.803. The number of hydrogen-bond acceptors (Lipinski definition) is 6. The molecule has 0 fully saturated rings. The van der Waals surface area contributed by atoms with Gasteiger partial charge in [-0.05, 0) is 109 Å². The first-order valence-electron chi connectivity index (χ1n) is 27.4. The second kappa shape index (κ2) is 53.5. The summed E-state index contributed by atoms with van der Waals surface area (Å²) < 4.78 is 16.8. The van der Waals surface area contributed by atoms with Crippen LogP contribution in [0, 0.1) is 0 Å². The van der Waals surface area contributed by atoms with Crippen molar-refractivity contribution in [3.8, 4) is 0 Å². The monoisotopic (exact) mass is 907 g/mol. The Morgan fingerprint density at radius 2 is 0.569 bits per heavy atom. The van der Waals surface area contributed by atoms with Crippen LogP contribution in [0.15, 0.2) is 72.9 Å². The third kappa shape index (κ3) is 51.7. The maximum atomic E-state index is 12.8. The number of carbonyl (C=O) groups is 3. The van der Waals surface area contributed by atoms with Crippen LogP contribution in [0.4, 0.5) is 0 Å². The van der Waals surface area contributed by atoms with Gasteiger partial charge in [0, 0.05) is 19.3 Å². The number of hydrogen-bond donors (Lipinski definition) is 0. The van der Waals surface area contributed by atoms with Crippen LogP contribution in [-0.4, -0.2) is 37.2 Å². The highest BCUT2D eigenvalue weighted by Crippen LogP contribution is 2.14. The predicted molar refractivity (Wildman–Crippen MR) is 279 cm³/mol. The second-order valence-corrected chi connectivity index (χ2v) is 18.1. The molecule has 0 aliphatic rings. The van der Waals surface area contributed by atoms with E-state index >= 15 is 0 Å². The molecule has 0 aliphatic carbocycles. The number of allylic oxidation sites excluding steroid dienone is 12. The normalized spacial score (nSPS) is 12.6. The summed E-state index contributed by atoms with van der Waals surface area (Å²) in [5.41, 5.74) is 0. The molecule has 6 nitrogen and oxygen atoms in total. The summed E-state index contributed by atoms with van der Waals surface area (Å²) in [7, 11) is 0. The van der Waals surface area contributed by atoms with Crippen LogP contribution in [0.5, 0.6) is 0 Å². The van der Waals surface area contributed by atoms with Gasteiger partial charge in [0.05, 0.1) is 0 Å². The number of rotatable bonds is 49. The van der Waals surface area contributed by atoms with Gasteiger partial charge in [-0.3, -0.25) is 14.4 Å². The van der Waals surface area contributed by atoms with Crippen LogP contribution in [0.1, 0.15) is 265 Å². The Morgan fingerprint density at radius 1 is 0.308 bits per heavy atom. The fourth-order valence-electron chi connectivity index (χ4n) is 7.48. The van der Waals surface area contributed by atoms with Gasteiger partial charge >= 0.3 is 17.9 Å². The van der Waals surface area contributed by atoms with E-state index < -0.39 is 6.10 Å². The molecular weight excluding hydrogens is 805 g/mol. The molecule has 0 aromatic heterocycles. The lowest BCUT2D eigenvalue weighted by Gasteiger charge is -2.18. The van der Waals surface area contributed by atoms with Gasteiger partial charge < -0.3 is 14.2 Å². The third-order valence-corrected chi connectivity index (χ3v) is 11.7. The Morgan fingerprint density at radius 3 is 0.985 bits per heavy atom. The van der Waals surface area contributed by atoms with E-state index in [1.54, 1.807) is 0 Å². The molecule has 65 heavy (non-hydrogen) atoms. The fourth-order valence-corrected chi connectivity index (χ4v) is 7.48. The first kappa shape index (κ1) is 61.9. The molecule has 0 heterocycles. The average Bonchev–Trinajstić information content (AvgIpc) is 3.30. The molecule has 0 amide bonds. The minimum absolute atomic E-state index is 0.0999. The van der Waals surface area contributed by atoms with Gasteiger partial charge in [-0.2, -0.15) is 0 Å². The molecule has 0 saturated carbocycles. The van der Waals surface area contributed by atoms with Crippen molar-refractivity contribution in [1.29, 1.82) is 0 Å². The lowest BCUT2D eigenvalue weighted by molar-refractivity contribution is -0.167. The highest BCUT2D eigenvalue weighted by atomic mass is 16.6. The number of ether oxygens (including phenoxy) is 3. The van der Waals surface area contributed by atoms with Crippen molar-refractivity contribution >= 4 is 17.9 Å². The Hall–Kier alpha value is -3.15. The highest BCUT2D eigenvalue weighted by molar-refractivity contribution is 5.71. The molecule has 0 unspecified atom stereocenters. The van der Waals surface area contributed by atoms with Gasteiger partial charge in [0.2, 0.25) is 0 Å².